The molecule has 4 N–H and O–H groups in total. The van der Waals surface area contributed by atoms with E-state index in [2.05, 4.69) is 0 Å². The van der Waals surface area contributed by atoms with Crippen molar-refractivity contribution < 1.29 is 4.39 Å². The molecule has 1 aromatic carbocycles. The van der Waals surface area contributed by atoms with E-state index in [0.29, 0.717) is 0 Å². The van der Waals surface area contributed by atoms with Crippen LogP contribution in [-0.2, 0) is 6.42 Å². The average molecular weight is 166 g/mol. The van der Waals surface area contributed by atoms with Crippen LogP contribution in [-0.4, -0.2) is 0 Å². The van der Waals surface area contributed by atoms with Gasteiger partial charge in [0.25, 0.3) is 0 Å². The standard InChI is InChI=1S/C9H11FN2/c10-7-4-6-5(3-9(7)12)1-2-8(6)11/h3-4,8H,1-2,11-12H2/t8-/m0/s1. The third-order valence-electron chi connectivity index (χ3n) is 2.38. The minimum Gasteiger partial charge on any atom is -0.396 e. The third-order valence-corrected chi connectivity index (χ3v) is 2.38. The summed E-state index contributed by atoms with van der Waals surface area (Å²) in [6.07, 6.45) is 1.82. The van der Waals surface area contributed by atoms with E-state index in [9.17, 15) is 4.39 Å². The summed E-state index contributed by atoms with van der Waals surface area (Å²) in [6, 6.07) is 3.15. The highest BCUT2D eigenvalue weighted by atomic mass is 19.1. The van der Waals surface area contributed by atoms with E-state index in [1.54, 1.807) is 6.07 Å². The normalized spacial score (nSPS) is 21.0. The molecule has 0 aliphatic heterocycles. The molecule has 1 aliphatic carbocycles. The molecule has 1 aliphatic rings. The molecule has 0 saturated carbocycles. The molecule has 0 saturated heterocycles. The van der Waals surface area contributed by atoms with E-state index in [-0.39, 0.29) is 17.5 Å². The van der Waals surface area contributed by atoms with E-state index in [0.717, 1.165) is 24.0 Å². The Morgan fingerprint density at radius 2 is 2.17 bits per heavy atom. The number of anilines is 1. The fourth-order valence-corrected chi connectivity index (χ4v) is 1.68. The number of aryl methyl sites for hydroxylation is 1. The molecule has 0 fully saturated rings. The van der Waals surface area contributed by atoms with Gasteiger partial charge in [0.05, 0.1) is 5.69 Å². The van der Waals surface area contributed by atoms with Crippen LogP contribution in [0.1, 0.15) is 23.6 Å². The maximum Gasteiger partial charge on any atom is 0.146 e. The lowest BCUT2D eigenvalue weighted by Crippen LogP contribution is -2.06. The predicted molar refractivity (Wildman–Crippen MR) is 46.1 cm³/mol. The summed E-state index contributed by atoms with van der Waals surface area (Å²) in [7, 11) is 0. The molecule has 1 atom stereocenters. The summed E-state index contributed by atoms with van der Waals surface area (Å²) in [5.41, 5.74) is 13.4. The zero-order chi connectivity index (χ0) is 8.72. The molecule has 3 heteroatoms. The molecule has 2 rings (SSSR count). The van der Waals surface area contributed by atoms with Crippen LogP contribution in [0.3, 0.4) is 0 Å². The van der Waals surface area contributed by atoms with E-state index in [1.165, 1.54) is 6.07 Å². The largest absolute Gasteiger partial charge is 0.396 e. The van der Waals surface area contributed by atoms with E-state index >= 15 is 0 Å². The lowest BCUT2D eigenvalue weighted by Gasteiger charge is -2.05. The number of fused-ring (bicyclic) bond motifs is 1. The first kappa shape index (κ1) is 7.55. The van der Waals surface area contributed by atoms with Gasteiger partial charge in [0.1, 0.15) is 5.82 Å². The first-order valence-corrected chi connectivity index (χ1v) is 4.02. The highest BCUT2D eigenvalue weighted by Crippen LogP contribution is 2.31. The lowest BCUT2D eigenvalue weighted by atomic mass is 10.1. The van der Waals surface area contributed by atoms with E-state index in [1.807, 2.05) is 0 Å². The van der Waals surface area contributed by atoms with Crippen LogP contribution >= 0.6 is 0 Å². The monoisotopic (exact) mass is 166 g/mol. The van der Waals surface area contributed by atoms with Gasteiger partial charge < -0.3 is 11.5 Å². The number of nitrogens with two attached hydrogens (primary N) is 2. The Balaban J connectivity index is 2.56. The average Bonchev–Trinajstić information content (AvgIpc) is 2.35. The second-order valence-corrected chi connectivity index (χ2v) is 3.22. The van der Waals surface area contributed by atoms with Crippen molar-refractivity contribution in [2.45, 2.75) is 18.9 Å². The van der Waals surface area contributed by atoms with Gasteiger partial charge in [-0.25, -0.2) is 4.39 Å². The van der Waals surface area contributed by atoms with Crippen LogP contribution in [0.25, 0.3) is 0 Å². The van der Waals surface area contributed by atoms with Crippen molar-refractivity contribution >= 4 is 5.69 Å². The summed E-state index contributed by atoms with van der Waals surface area (Å²) >= 11 is 0. The molecule has 0 unspecified atom stereocenters. The van der Waals surface area contributed by atoms with Crippen LogP contribution in [0.15, 0.2) is 12.1 Å². The van der Waals surface area contributed by atoms with Crippen molar-refractivity contribution in [3.05, 3.63) is 29.1 Å². The van der Waals surface area contributed by atoms with Gasteiger partial charge in [-0.1, -0.05) is 0 Å². The van der Waals surface area contributed by atoms with Gasteiger partial charge in [0.2, 0.25) is 0 Å². The van der Waals surface area contributed by atoms with Gasteiger partial charge in [-0.2, -0.15) is 0 Å². The summed E-state index contributed by atoms with van der Waals surface area (Å²) < 4.78 is 13.0. The highest BCUT2D eigenvalue weighted by Gasteiger charge is 2.20. The van der Waals surface area contributed by atoms with Crippen molar-refractivity contribution in [2.75, 3.05) is 5.73 Å². The number of rotatable bonds is 0. The van der Waals surface area contributed by atoms with Crippen LogP contribution in [0.5, 0.6) is 0 Å². The Hall–Kier alpha value is -1.09. The SMILES string of the molecule is Nc1cc2c(cc1F)[C@@H](N)CC2. The molecule has 0 aromatic heterocycles. The number of hydrogen-bond acceptors (Lipinski definition) is 2. The topological polar surface area (TPSA) is 52.0 Å². The van der Waals surface area contributed by atoms with Crippen LogP contribution in [0.2, 0.25) is 0 Å². The van der Waals surface area contributed by atoms with Crippen LogP contribution in [0, 0.1) is 5.82 Å². The Bertz CT molecular complexity index is 323. The molecule has 12 heavy (non-hydrogen) atoms. The second-order valence-electron chi connectivity index (χ2n) is 3.22. The van der Waals surface area contributed by atoms with Crippen molar-refractivity contribution in [1.29, 1.82) is 0 Å². The van der Waals surface area contributed by atoms with Crippen molar-refractivity contribution in [3.8, 4) is 0 Å². The first-order chi connectivity index (χ1) is 5.68. The van der Waals surface area contributed by atoms with Gasteiger partial charge in [-0.3, -0.25) is 0 Å². The van der Waals surface area contributed by atoms with Gasteiger partial charge in [-0.15, -0.1) is 0 Å². The number of nitrogen functional groups attached to an aromatic ring is 1. The smallest absolute Gasteiger partial charge is 0.146 e. The fraction of sp³-hybridized carbons (Fsp3) is 0.333. The third kappa shape index (κ3) is 0.975. The van der Waals surface area contributed by atoms with Crippen LogP contribution < -0.4 is 11.5 Å². The molecule has 0 radical (unpaired) electrons. The molecular formula is C9H11FN2. The minimum atomic E-state index is -0.355. The van der Waals surface area contributed by atoms with E-state index < -0.39 is 0 Å². The molecule has 2 nitrogen and oxygen atoms in total. The molecular weight excluding hydrogens is 155 g/mol. The Labute approximate surface area is 70.4 Å². The highest BCUT2D eigenvalue weighted by molar-refractivity contribution is 5.48. The quantitative estimate of drug-likeness (QED) is 0.571. The molecule has 0 spiro atoms. The van der Waals surface area contributed by atoms with Crippen molar-refractivity contribution in [1.82, 2.24) is 0 Å². The fourth-order valence-electron chi connectivity index (χ4n) is 1.68. The Morgan fingerprint density at radius 3 is 2.92 bits per heavy atom. The van der Waals surface area contributed by atoms with Crippen molar-refractivity contribution in [3.63, 3.8) is 0 Å². The van der Waals surface area contributed by atoms with E-state index in [4.69, 9.17) is 11.5 Å². The maximum atomic E-state index is 13.0. The molecule has 1 aromatic rings. The zero-order valence-electron chi connectivity index (χ0n) is 6.68. The summed E-state index contributed by atoms with van der Waals surface area (Å²) in [5.74, 6) is -0.355. The second kappa shape index (κ2) is 2.45. The van der Waals surface area contributed by atoms with Gasteiger partial charge in [0.15, 0.2) is 0 Å². The first-order valence-electron chi connectivity index (χ1n) is 4.02. The molecule has 0 amide bonds. The van der Waals surface area contributed by atoms with Crippen LogP contribution in [0.4, 0.5) is 10.1 Å². The summed E-state index contributed by atoms with van der Waals surface area (Å²) in [5, 5.41) is 0. The summed E-state index contributed by atoms with van der Waals surface area (Å²) in [6.45, 7) is 0. The molecule has 0 heterocycles. The number of benzene rings is 1. The van der Waals surface area contributed by atoms with Gasteiger partial charge in [-0.05, 0) is 36.1 Å². The Kier molecular flexibility index (Phi) is 1.54. The predicted octanol–water partition coefficient (Wildman–Crippen LogP) is 1.35. The summed E-state index contributed by atoms with van der Waals surface area (Å²) in [4.78, 5) is 0. The maximum absolute atomic E-state index is 13.0. The van der Waals surface area contributed by atoms with Gasteiger partial charge >= 0.3 is 0 Å². The molecule has 0 bridgehead atoms. The van der Waals surface area contributed by atoms with Gasteiger partial charge in [0, 0.05) is 6.04 Å². The zero-order valence-corrected chi connectivity index (χ0v) is 6.68. The number of halogens is 1. The number of hydrogen-bond donors (Lipinski definition) is 2. The Morgan fingerprint density at radius 1 is 1.42 bits per heavy atom. The molecule has 64 valence electrons. The van der Waals surface area contributed by atoms with Crippen molar-refractivity contribution in [2.24, 2.45) is 5.73 Å². The minimum absolute atomic E-state index is 0.00454. The lowest BCUT2D eigenvalue weighted by molar-refractivity contribution is 0.626.